The van der Waals surface area contributed by atoms with E-state index in [4.69, 9.17) is 4.74 Å². The fraction of sp³-hybridized carbons (Fsp3) is 0.273. The molecule has 0 aromatic heterocycles. The van der Waals surface area contributed by atoms with Gasteiger partial charge in [-0.05, 0) is 61.9 Å². The second-order valence-electron chi connectivity index (χ2n) is 7.29. The van der Waals surface area contributed by atoms with E-state index in [1.54, 1.807) is 18.2 Å². The van der Waals surface area contributed by atoms with Crippen molar-refractivity contribution >= 4 is 23.1 Å². The first-order chi connectivity index (χ1) is 13.4. The van der Waals surface area contributed by atoms with Crippen molar-refractivity contribution in [2.45, 2.75) is 19.8 Å². The highest BCUT2D eigenvalue weighted by atomic mass is 16.5. The Morgan fingerprint density at radius 1 is 1.04 bits per heavy atom. The number of carboxylic acids is 1. The van der Waals surface area contributed by atoms with E-state index in [9.17, 15) is 14.7 Å². The van der Waals surface area contributed by atoms with Crippen molar-refractivity contribution in [3.8, 4) is 11.5 Å². The van der Waals surface area contributed by atoms with Gasteiger partial charge in [-0.25, -0.2) is 4.79 Å². The summed E-state index contributed by atoms with van der Waals surface area (Å²) in [5.41, 5.74) is 5.16. The lowest BCUT2D eigenvalue weighted by atomic mass is 9.85. The molecule has 0 radical (unpaired) electrons. The van der Waals surface area contributed by atoms with Gasteiger partial charge in [-0.2, -0.15) is 0 Å². The molecule has 144 valence electrons. The van der Waals surface area contributed by atoms with Crippen LogP contribution in [0.4, 0.5) is 5.69 Å². The van der Waals surface area contributed by atoms with Crippen LogP contribution in [-0.2, 0) is 4.79 Å². The number of carboxylic acid groups (broad SMARTS) is 1. The van der Waals surface area contributed by atoms with Gasteiger partial charge in [0.05, 0.1) is 5.56 Å². The Morgan fingerprint density at radius 3 is 2.46 bits per heavy atom. The van der Waals surface area contributed by atoms with Crippen LogP contribution in [0, 0.1) is 0 Å². The number of amides is 1. The molecule has 1 amide bonds. The van der Waals surface area contributed by atoms with Crippen molar-refractivity contribution in [3.63, 3.8) is 0 Å². The third-order valence-electron chi connectivity index (χ3n) is 5.23. The normalized spacial score (nSPS) is 16.1. The minimum Gasteiger partial charge on any atom is -0.478 e. The molecule has 6 heteroatoms. The van der Waals surface area contributed by atoms with Crippen molar-refractivity contribution < 1.29 is 19.4 Å². The number of nitrogens with zero attached hydrogens (tertiary/aromatic N) is 1. The van der Waals surface area contributed by atoms with E-state index < -0.39 is 5.97 Å². The first-order valence-electron chi connectivity index (χ1n) is 9.30. The molecule has 0 unspecified atom stereocenters. The average molecular weight is 378 g/mol. The summed E-state index contributed by atoms with van der Waals surface area (Å²) in [7, 11) is 2.11. The minimum absolute atomic E-state index is 0.128. The molecule has 0 bridgehead atoms. The third kappa shape index (κ3) is 3.39. The van der Waals surface area contributed by atoms with Crippen molar-refractivity contribution in [2.75, 3.05) is 25.5 Å². The summed E-state index contributed by atoms with van der Waals surface area (Å²) in [6.45, 7) is 3.43. The molecular formula is C22H22N2O4. The molecule has 0 spiro atoms. The number of carbonyl (C=O) groups excluding carboxylic acids is 1. The van der Waals surface area contributed by atoms with Crippen LogP contribution in [0.15, 0.2) is 42.0 Å². The Balaban J connectivity index is 1.88. The number of benzene rings is 2. The Hall–Kier alpha value is -3.12. The lowest BCUT2D eigenvalue weighted by Gasteiger charge is -2.30. The number of hydrogen-bond acceptors (Lipinski definition) is 4. The Bertz CT molecular complexity index is 1000. The molecule has 4 rings (SSSR count). The maximum Gasteiger partial charge on any atom is 0.335 e. The summed E-state index contributed by atoms with van der Waals surface area (Å²) in [6, 6.07) is 10.6. The van der Waals surface area contributed by atoms with E-state index >= 15 is 0 Å². The van der Waals surface area contributed by atoms with Crippen LogP contribution < -0.4 is 10.1 Å². The zero-order chi connectivity index (χ0) is 19.8. The van der Waals surface area contributed by atoms with Crippen LogP contribution >= 0.6 is 0 Å². The second-order valence-corrected chi connectivity index (χ2v) is 7.29. The zero-order valence-corrected chi connectivity index (χ0v) is 15.9. The number of anilines is 1. The van der Waals surface area contributed by atoms with Gasteiger partial charge in [0, 0.05) is 36.8 Å². The molecule has 6 nitrogen and oxygen atoms in total. The van der Waals surface area contributed by atoms with Gasteiger partial charge in [-0.15, -0.1) is 0 Å². The van der Waals surface area contributed by atoms with Crippen molar-refractivity contribution in [2.24, 2.45) is 0 Å². The number of ether oxygens (including phenoxy) is 1. The monoisotopic (exact) mass is 378 g/mol. The van der Waals surface area contributed by atoms with Gasteiger partial charge in [-0.1, -0.05) is 5.57 Å². The van der Waals surface area contributed by atoms with Gasteiger partial charge in [0.15, 0.2) is 0 Å². The molecule has 2 aromatic rings. The predicted molar refractivity (Wildman–Crippen MR) is 107 cm³/mol. The molecule has 2 aromatic carbocycles. The molecular weight excluding hydrogens is 356 g/mol. The standard InChI is InChI=1S/C22H22N2O4/c1-13(25)23-16-4-6-19-18(12-16)21(14-7-9-24(2)10-8-14)17-5-3-15(22(26)27)11-20(17)28-19/h3-6,11-12H,7-10H2,1-2H3,(H,23,25)(H,26,27). The first-order valence-corrected chi connectivity index (χ1v) is 9.30. The summed E-state index contributed by atoms with van der Waals surface area (Å²) < 4.78 is 6.05. The number of nitrogens with one attached hydrogen (secondary N) is 1. The van der Waals surface area contributed by atoms with Crippen LogP contribution in [0.1, 0.15) is 41.3 Å². The number of likely N-dealkylation sites (tertiary alicyclic amines) is 1. The quantitative estimate of drug-likeness (QED) is 0.705. The number of hydrogen-bond donors (Lipinski definition) is 2. The third-order valence-corrected chi connectivity index (χ3v) is 5.23. The zero-order valence-electron chi connectivity index (χ0n) is 15.9. The number of rotatable bonds is 2. The van der Waals surface area contributed by atoms with Gasteiger partial charge in [0.25, 0.3) is 0 Å². The largest absolute Gasteiger partial charge is 0.478 e. The van der Waals surface area contributed by atoms with E-state index in [0.29, 0.717) is 17.2 Å². The van der Waals surface area contributed by atoms with Gasteiger partial charge < -0.3 is 20.1 Å². The summed E-state index contributed by atoms with van der Waals surface area (Å²) >= 11 is 0. The molecule has 0 atom stereocenters. The Kier molecular flexibility index (Phi) is 4.65. The molecule has 2 heterocycles. The topological polar surface area (TPSA) is 78.9 Å². The lowest BCUT2D eigenvalue weighted by Crippen LogP contribution is -2.27. The van der Waals surface area contributed by atoms with E-state index in [-0.39, 0.29) is 11.5 Å². The summed E-state index contributed by atoms with van der Waals surface area (Å²) in [5, 5.41) is 12.2. The highest BCUT2D eigenvalue weighted by Crippen LogP contribution is 2.47. The molecule has 28 heavy (non-hydrogen) atoms. The van der Waals surface area contributed by atoms with Crippen LogP contribution in [0.5, 0.6) is 11.5 Å². The fourth-order valence-corrected chi connectivity index (χ4v) is 3.82. The molecule has 2 aliphatic heterocycles. The van der Waals surface area contributed by atoms with E-state index in [1.807, 2.05) is 18.2 Å². The smallest absolute Gasteiger partial charge is 0.335 e. The van der Waals surface area contributed by atoms with E-state index in [2.05, 4.69) is 17.3 Å². The maximum absolute atomic E-state index is 11.5. The lowest BCUT2D eigenvalue weighted by molar-refractivity contribution is -0.114. The van der Waals surface area contributed by atoms with Crippen molar-refractivity contribution in [1.29, 1.82) is 0 Å². The second kappa shape index (κ2) is 7.13. The van der Waals surface area contributed by atoms with Crippen LogP contribution in [0.25, 0.3) is 5.57 Å². The number of piperidine rings is 1. The van der Waals surface area contributed by atoms with Crippen molar-refractivity contribution in [3.05, 3.63) is 58.7 Å². The molecule has 1 fully saturated rings. The highest BCUT2D eigenvalue weighted by Gasteiger charge is 2.27. The molecule has 2 N–H and O–H groups in total. The van der Waals surface area contributed by atoms with E-state index in [0.717, 1.165) is 42.6 Å². The SMILES string of the molecule is CC(=O)Nc1ccc2c(c1)C(=C1CCN(C)CC1)c1ccc(C(=O)O)cc1O2. The highest BCUT2D eigenvalue weighted by molar-refractivity contribution is 5.95. The average Bonchev–Trinajstić information content (AvgIpc) is 2.66. The molecule has 0 aliphatic carbocycles. The fourth-order valence-electron chi connectivity index (χ4n) is 3.82. The summed E-state index contributed by atoms with van der Waals surface area (Å²) in [5.74, 6) is 0.120. The summed E-state index contributed by atoms with van der Waals surface area (Å²) in [4.78, 5) is 25.2. The number of carbonyl (C=O) groups is 2. The van der Waals surface area contributed by atoms with Gasteiger partial charge in [0.1, 0.15) is 11.5 Å². The number of fused-ring (bicyclic) bond motifs is 2. The molecule has 1 saturated heterocycles. The van der Waals surface area contributed by atoms with Crippen LogP contribution in [0.3, 0.4) is 0 Å². The molecule has 2 aliphatic rings. The van der Waals surface area contributed by atoms with Gasteiger partial charge in [-0.3, -0.25) is 4.79 Å². The maximum atomic E-state index is 11.5. The Morgan fingerprint density at radius 2 is 1.79 bits per heavy atom. The number of aromatic carboxylic acids is 1. The van der Waals surface area contributed by atoms with E-state index in [1.165, 1.54) is 12.5 Å². The first kappa shape index (κ1) is 18.3. The summed E-state index contributed by atoms with van der Waals surface area (Å²) in [6.07, 6.45) is 1.88. The minimum atomic E-state index is -0.980. The van der Waals surface area contributed by atoms with Crippen LogP contribution in [-0.4, -0.2) is 42.0 Å². The van der Waals surface area contributed by atoms with Crippen molar-refractivity contribution in [1.82, 2.24) is 4.90 Å². The van der Waals surface area contributed by atoms with Gasteiger partial charge in [0.2, 0.25) is 5.91 Å². The predicted octanol–water partition coefficient (Wildman–Crippen LogP) is 3.98. The van der Waals surface area contributed by atoms with Gasteiger partial charge >= 0.3 is 5.97 Å². The van der Waals surface area contributed by atoms with Crippen LogP contribution in [0.2, 0.25) is 0 Å². The molecule has 0 saturated carbocycles. The Labute approximate surface area is 163 Å².